The molecule has 6 N–H and O–H groups in total. The number of nitrogens with one attached hydrogen (secondary N) is 3. The largest absolute Gasteiger partial charge is 0.632 e. The van der Waals surface area contributed by atoms with Gasteiger partial charge in [0.2, 0.25) is 17.9 Å². The number of nitrogens with zero attached hydrogens (tertiary/aromatic N) is 2. The fourth-order valence-corrected chi connectivity index (χ4v) is 7.46. The molecular weight excluding hydrogens is 868 g/mol. The number of likely N-dealkylation sites (tertiary alicyclic amines) is 1. The summed E-state index contributed by atoms with van der Waals surface area (Å²) in [5, 5.41) is 34.7. The molecule has 3 amide bonds. The number of rotatable bonds is 7. The maximum absolute atomic E-state index is 12.3. The van der Waals surface area contributed by atoms with Gasteiger partial charge in [-0.05, 0) is 49.6 Å². The summed E-state index contributed by atoms with van der Waals surface area (Å²) in [6.07, 6.45) is 1.67. The van der Waals surface area contributed by atoms with E-state index in [4.69, 9.17) is 27.5 Å². The Labute approximate surface area is 371 Å². The molecule has 0 bridgehead atoms. The van der Waals surface area contributed by atoms with Gasteiger partial charge in [0.25, 0.3) is 0 Å². The molecule has 13 nitrogen and oxygen atoms in total. The molecule has 1 saturated carbocycles. The fraction of sp³-hybridized carbons (Fsp3) is 0.395. The molecule has 54 heavy (non-hydrogen) atoms. The number of amides is 3. The maximum Gasteiger partial charge on any atom is 0.241 e. The van der Waals surface area contributed by atoms with Crippen molar-refractivity contribution in [3.05, 3.63) is 96.2 Å². The van der Waals surface area contributed by atoms with E-state index in [1.807, 2.05) is 48.5 Å². The van der Waals surface area contributed by atoms with Gasteiger partial charge in [0.1, 0.15) is 11.4 Å². The predicted molar refractivity (Wildman–Crippen MR) is 199 cm³/mol. The Kier molecular flexibility index (Phi) is 17.9. The Bertz CT molecular complexity index is 1870. The van der Waals surface area contributed by atoms with E-state index in [2.05, 4.69) is 15.4 Å². The topological polar surface area (TPSA) is 193 Å². The molecule has 16 heteroatoms. The van der Waals surface area contributed by atoms with E-state index < -0.39 is 11.7 Å². The van der Waals surface area contributed by atoms with Crippen LogP contribution in [0.2, 0.25) is 0 Å². The molecular formula is C38H46ClN5O8Y2-2. The molecule has 4 aliphatic rings. The van der Waals surface area contributed by atoms with E-state index in [9.17, 15) is 24.3 Å². The number of phenolic OH excluding ortho intramolecular Hbond substituents is 1. The van der Waals surface area contributed by atoms with Crippen molar-refractivity contribution in [1.82, 2.24) is 15.5 Å². The number of phenols is 1. The molecule has 2 radical (unpaired) electrons. The van der Waals surface area contributed by atoms with Crippen molar-refractivity contribution in [2.24, 2.45) is 5.92 Å². The van der Waals surface area contributed by atoms with E-state index in [0.29, 0.717) is 30.6 Å². The van der Waals surface area contributed by atoms with Gasteiger partial charge in [-0.15, -0.1) is 11.6 Å². The van der Waals surface area contributed by atoms with Crippen LogP contribution in [-0.2, 0) is 85.2 Å². The molecule has 1 unspecified atom stereocenters. The van der Waals surface area contributed by atoms with Crippen LogP contribution in [0, 0.1) is 13.3 Å². The monoisotopic (exact) mass is 913 g/mol. The third kappa shape index (κ3) is 10.2. The number of benzene rings is 3. The van der Waals surface area contributed by atoms with Crippen molar-refractivity contribution in [2.75, 3.05) is 50.4 Å². The van der Waals surface area contributed by atoms with Crippen LogP contribution in [0.1, 0.15) is 54.6 Å². The summed E-state index contributed by atoms with van der Waals surface area (Å²) in [6.45, 7) is 5.96. The smallest absolute Gasteiger partial charge is 0.241 e. The number of ketones is 1. The van der Waals surface area contributed by atoms with Crippen LogP contribution in [-0.4, -0.2) is 95.0 Å². The minimum Gasteiger partial charge on any atom is -0.632 e. The Morgan fingerprint density at radius 2 is 1.52 bits per heavy atom. The number of aliphatic hydroxyl groups excluding tert-OH is 2. The summed E-state index contributed by atoms with van der Waals surface area (Å²) in [4.78, 5) is 50.1. The third-order valence-corrected chi connectivity index (χ3v) is 9.68. The van der Waals surface area contributed by atoms with Gasteiger partial charge in [-0.25, -0.2) is 0 Å². The first-order valence-electron chi connectivity index (χ1n) is 16.6. The van der Waals surface area contributed by atoms with Gasteiger partial charge in [0.15, 0.2) is 5.78 Å². The second-order valence-corrected chi connectivity index (χ2v) is 14.0. The molecule has 3 atom stereocenters. The van der Waals surface area contributed by atoms with Crippen LogP contribution in [0.15, 0.2) is 66.4 Å². The molecule has 2 aliphatic carbocycles. The number of aliphatic hydroxyl groups is 2. The zero-order valence-corrected chi connectivity index (χ0v) is 37.3. The zero-order chi connectivity index (χ0) is 37.1. The summed E-state index contributed by atoms with van der Waals surface area (Å²) < 4.78 is 4.47. The fourth-order valence-electron chi connectivity index (χ4n) is 7.21. The third-order valence-electron chi connectivity index (χ3n) is 9.30. The van der Waals surface area contributed by atoms with Gasteiger partial charge in [-0.2, -0.15) is 0 Å². The molecule has 3 aromatic rings. The van der Waals surface area contributed by atoms with Gasteiger partial charge in [-0.3, -0.25) is 29.8 Å². The molecule has 2 heterocycles. The number of ether oxygens (including phenoxy) is 1. The molecule has 1 spiro atoms. The molecule has 1 saturated heterocycles. The van der Waals surface area contributed by atoms with Crippen molar-refractivity contribution in [3.63, 3.8) is 0 Å². The molecule has 286 valence electrons. The minimum atomic E-state index is -0.975. The Morgan fingerprint density at radius 1 is 0.944 bits per heavy atom. The van der Waals surface area contributed by atoms with E-state index in [0.717, 1.165) is 39.6 Å². The van der Waals surface area contributed by atoms with Crippen molar-refractivity contribution in [2.45, 2.75) is 44.1 Å². The number of hydrogen-bond donors (Lipinski definition) is 5. The zero-order valence-electron chi connectivity index (χ0n) is 30.9. The van der Waals surface area contributed by atoms with E-state index in [1.165, 1.54) is 0 Å². The van der Waals surface area contributed by atoms with Gasteiger partial charge in [-0.1, -0.05) is 48.5 Å². The molecule has 2 fully saturated rings. The summed E-state index contributed by atoms with van der Waals surface area (Å²) in [5.74, 6) is 0.728. The van der Waals surface area contributed by atoms with Crippen LogP contribution >= 0.6 is 11.6 Å². The Morgan fingerprint density at radius 3 is 2.07 bits per heavy atom. The van der Waals surface area contributed by atoms with Crippen molar-refractivity contribution in [1.29, 1.82) is 0 Å². The number of aromatic hydroxyl groups is 1. The predicted octanol–water partition coefficient (Wildman–Crippen LogP) is 4.58. The van der Waals surface area contributed by atoms with Gasteiger partial charge < -0.3 is 43.0 Å². The number of alkyl halides is 1. The van der Waals surface area contributed by atoms with E-state index in [-0.39, 0.29) is 134 Å². The van der Waals surface area contributed by atoms with Crippen LogP contribution in [0.3, 0.4) is 0 Å². The Hall–Kier alpha value is -2.32. The normalized spacial score (nSPS) is 19.7. The van der Waals surface area contributed by atoms with E-state index >= 15 is 0 Å². The number of allylic oxidation sites excluding steroid dienone is 2. The average molecular weight is 914 g/mol. The number of anilines is 1. The number of carbonyl (C=O) groups excluding carboxylic acids is 4. The average Bonchev–Trinajstić information content (AvgIpc) is 3.54. The first kappa shape index (κ1) is 47.8. The number of fused-ring (bicyclic) bond motifs is 4. The molecule has 7 rings (SSSR count). The number of halogens is 1. The first-order chi connectivity index (χ1) is 24.3. The quantitative estimate of drug-likeness (QED) is 0.127. The SMILES string of the molecule is CC(C)(C)OC([NH-])=O.O=C(CNCO)N1C[C@@H](CCl)c2c1cc(O)c1ccccc21.O=C1C=C2N(C(=O)CNCO)C[C@H]3CC23c2ccccc21.[CH3-].[Y].[Y]. The number of piperidine rings is 1. The molecule has 3 aromatic carbocycles. The van der Waals surface area contributed by atoms with Crippen molar-refractivity contribution in [3.8, 4) is 5.75 Å². The van der Waals surface area contributed by atoms with Gasteiger partial charge in [0, 0.05) is 125 Å². The van der Waals surface area contributed by atoms with Gasteiger partial charge in [0.05, 0.1) is 32.2 Å². The van der Waals surface area contributed by atoms with E-state index in [1.54, 1.807) is 42.7 Å². The number of carbonyl (C=O) groups is 4. The van der Waals surface area contributed by atoms with Crippen molar-refractivity contribution < 1.29 is 105 Å². The summed E-state index contributed by atoms with van der Waals surface area (Å²) in [6, 6.07) is 16.9. The van der Waals surface area contributed by atoms with Crippen molar-refractivity contribution >= 4 is 51.8 Å². The second-order valence-electron chi connectivity index (χ2n) is 13.7. The first-order valence-corrected chi connectivity index (χ1v) is 17.2. The van der Waals surface area contributed by atoms with Crippen LogP contribution in [0.25, 0.3) is 16.5 Å². The second kappa shape index (κ2) is 20.2. The van der Waals surface area contributed by atoms with Crippen LogP contribution in [0.5, 0.6) is 5.75 Å². The molecule has 2 aliphatic heterocycles. The van der Waals surface area contributed by atoms with Crippen LogP contribution in [0.4, 0.5) is 10.5 Å². The molecule has 0 aromatic heterocycles. The summed E-state index contributed by atoms with van der Waals surface area (Å²) >= 11 is 6.09. The summed E-state index contributed by atoms with van der Waals surface area (Å²) in [5.41, 5.74) is 10.1. The minimum absolute atomic E-state index is 0. The standard InChI is InChI=1S/C16H17ClN2O3.C16H16N2O3.C5H11NO2.CH3.2Y/c17-6-10-8-19(15(22)7-18-9-20)13-5-14(21)11-3-1-2-4-12(11)16(10)13;19-9-17-7-15(21)18-8-10-6-16(10)12-4-2-1-3-11(12)13(20)5-14(16)18;1-5(2,3)8-4(6)7;;;/h1-5,10,18,20-21H,6-9H2;1-5,10,17,19H,6-9H2;1-3H3,(H2,6,7);1H3;;/q;;;-1;;/p-1/t10-;10-,16?;;;;/m11..../s1. The number of hydrogen-bond acceptors (Lipinski definition) is 10. The maximum atomic E-state index is 12.3. The van der Waals surface area contributed by atoms with Gasteiger partial charge >= 0.3 is 0 Å². The van der Waals surface area contributed by atoms with Crippen LogP contribution < -0.4 is 15.5 Å². The summed E-state index contributed by atoms with van der Waals surface area (Å²) in [7, 11) is 0. The Balaban J connectivity index is 0.000000299.